The highest BCUT2D eigenvalue weighted by molar-refractivity contribution is 5.94. The fourth-order valence-electron chi connectivity index (χ4n) is 1.80. The summed E-state index contributed by atoms with van der Waals surface area (Å²) in [7, 11) is 0. The lowest BCUT2D eigenvalue weighted by Crippen LogP contribution is -2.29. The lowest BCUT2D eigenvalue weighted by atomic mass is 10.2. The number of carbonyl (C=O) groups excluding carboxylic acids is 1. The molecular weight excluding hydrogens is 258 g/mol. The third-order valence-corrected chi connectivity index (χ3v) is 2.71. The second-order valence-corrected chi connectivity index (χ2v) is 4.33. The Labute approximate surface area is 115 Å². The van der Waals surface area contributed by atoms with Gasteiger partial charge in [-0.15, -0.1) is 0 Å². The van der Waals surface area contributed by atoms with Gasteiger partial charge < -0.3 is 10.4 Å². The maximum Gasteiger partial charge on any atom is 0.275 e. The van der Waals surface area contributed by atoms with Crippen molar-refractivity contribution < 1.29 is 9.90 Å². The Balaban J connectivity index is 2.57. The molecule has 0 unspecified atom stereocenters. The molecule has 1 amide bonds. The maximum absolute atomic E-state index is 11.9. The topological polar surface area (TPSA) is 84.2 Å². The van der Waals surface area contributed by atoms with E-state index in [-0.39, 0.29) is 5.69 Å². The van der Waals surface area contributed by atoms with Gasteiger partial charge in [0.25, 0.3) is 11.5 Å². The van der Waals surface area contributed by atoms with Crippen LogP contribution >= 0.6 is 0 Å². The first kappa shape index (κ1) is 13.8. The summed E-state index contributed by atoms with van der Waals surface area (Å²) < 4.78 is 1.09. The van der Waals surface area contributed by atoms with E-state index in [1.165, 1.54) is 0 Å². The van der Waals surface area contributed by atoms with Crippen LogP contribution in [0.4, 0.5) is 0 Å². The molecule has 20 heavy (non-hydrogen) atoms. The minimum atomic E-state index is -0.522. The quantitative estimate of drug-likeness (QED) is 0.873. The van der Waals surface area contributed by atoms with Crippen LogP contribution in [-0.4, -0.2) is 27.3 Å². The first-order chi connectivity index (χ1) is 9.52. The first-order valence-corrected chi connectivity index (χ1v) is 6.21. The van der Waals surface area contributed by atoms with E-state index in [4.69, 9.17) is 0 Å². The van der Waals surface area contributed by atoms with Crippen LogP contribution in [0.3, 0.4) is 0 Å². The summed E-state index contributed by atoms with van der Waals surface area (Å²) in [4.78, 5) is 23.7. The van der Waals surface area contributed by atoms with Gasteiger partial charge in [-0.25, -0.2) is 0 Å². The van der Waals surface area contributed by atoms with Crippen LogP contribution in [-0.2, 0) is 0 Å². The van der Waals surface area contributed by atoms with Gasteiger partial charge in [0.2, 0.25) is 0 Å². The Morgan fingerprint density at radius 2 is 2.15 bits per heavy atom. The van der Waals surface area contributed by atoms with Crippen LogP contribution < -0.4 is 10.9 Å². The van der Waals surface area contributed by atoms with Gasteiger partial charge in [0.05, 0.1) is 5.69 Å². The summed E-state index contributed by atoms with van der Waals surface area (Å²) >= 11 is 0. The van der Waals surface area contributed by atoms with E-state index in [0.717, 1.165) is 16.3 Å². The molecule has 6 heteroatoms. The molecule has 2 N–H and O–H groups in total. The van der Waals surface area contributed by atoms with Gasteiger partial charge in [-0.05, 0) is 31.5 Å². The number of aromatic hydroxyl groups is 1. The van der Waals surface area contributed by atoms with Gasteiger partial charge >= 0.3 is 0 Å². The summed E-state index contributed by atoms with van der Waals surface area (Å²) in [5, 5.41) is 16.2. The van der Waals surface area contributed by atoms with Gasteiger partial charge in [0.15, 0.2) is 11.4 Å². The largest absolute Gasteiger partial charge is 0.505 e. The van der Waals surface area contributed by atoms with Crippen molar-refractivity contribution in [2.45, 2.75) is 13.8 Å². The fraction of sp³-hybridized carbons (Fsp3) is 0.214. The number of amides is 1. The molecule has 0 saturated heterocycles. The van der Waals surface area contributed by atoms with Gasteiger partial charge in [-0.2, -0.15) is 9.78 Å². The zero-order valence-corrected chi connectivity index (χ0v) is 11.3. The third kappa shape index (κ3) is 2.69. The molecule has 104 valence electrons. The van der Waals surface area contributed by atoms with Gasteiger partial charge in [-0.3, -0.25) is 9.59 Å². The molecular formula is C14H15N3O3. The average molecular weight is 273 g/mol. The van der Waals surface area contributed by atoms with E-state index in [1.807, 2.05) is 13.0 Å². The number of rotatable bonds is 3. The van der Waals surface area contributed by atoms with Crippen LogP contribution in [0.15, 0.2) is 35.1 Å². The average Bonchev–Trinajstić information content (AvgIpc) is 2.39. The Hall–Kier alpha value is -2.63. The predicted octanol–water partition coefficient (Wildman–Crippen LogP) is 0.996. The van der Waals surface area contributed by atoms with Gasteiger partial charge in [0.1, 0.15) is 0 Å². The van der Waals surface area contributed by atoms with E-state index in [9.17, 15) is 14.7 Å². The molecule has 0 aliphatic carbocycles. The monoisotopic (exact) mass is 273 g/mol. The molecule has 1 aromatic heterocycles. The Morgan fingerprint density at radius 1 is 1.40 bits per heavy atom. The van der Waals surface area contributed by atoms with E-state index in [1.54, 1.807) is 25.1 Å². The molecule has 0 fully saturated rings. The number of carbonyl (C=O) groups is 1. The zero-order valence-electron chi connectivity index (χ0n) is 11.3. The van der Waals surface area contributed by atoms with Crippen molar-refractivity contribution in [1.29, 1.82) is 0 Å². The predicted molar refractivity (Wildman–Crippen MR) is 74.2 cm³/mol. The molecule has 1 aromatic carbocycles. The molecule has 6 nitrogen and oxygen atoms in total. The van der Waals surface area contributed by atoms with Crippen LogP contribution in [0.1, 0.15) is 23.0 Å². The minimum absolute atomic E-state index is 0.173. The minimum Gasteiger partial charge on any atom is -0.505 e. The van der Waals surface area contributed by atoms with E-state index in [0.29, 0.717) is 12.2 Å². The normalized spacial score (nSPS) is 10.3. The molecule has 0 bridgehead atoms. The molecule has 1 heterocycles. The van der Waals surface area contributed by atoms with Crippen LogP contribution in [0.2, 0.25) is 0 Å². The van der Waals surface area contributed by atoms with Crippen LogP contribution in [0.25, 0.3) is 5.69 Å². The van der Waals surface area contributed by atoms with Crippen molar-refractivity contribution in [1.82, 2.24) is 15.1 Å². The number of aryl methyl sites for hydroxylation is 1. The summed E-state index contributed by atoms with van der Waals surface area (Å²) in [5.41, 5.74) is 0.832. The second kappa shape index (κ2) is 5.56. The van der Waals surface area contributed by atoms with Crippen molar-refractivity contribution >= 4 is 5.91 Å². The summed E-state index contributed by atoms with van der Waals surface area (Å²) in [5.74, 6) is -0.948. The molecule has 0 atom stereocenters. The number of hydrogen-bond donors (Lipinski definition) is 2. The van der Waals surface area contributed by atoms with Crippen LogP contribution in [0, 0.1) is 6.92 Å². The number of nitrogens with one attached hydrogen (secondary N) is 1. The lowest BCUT2D eigenvalue weighted by molar-refractivity contribution is 0.0946. The van der Waals surface area contributed by atoms with E-state index < -0.39 is 17.2 Å². The number of aromatic nitrogens is 2. The Bertz CT molecular complexity index is 707. The molecule has 0 saturated carbocycles. The molecule has 0 spiro atoms. The number of benzene rings is 1. The molecule has 0 aliphatic heterocycles. The number of nitrogens with zero attached hydrogens (tertiary/aromatic N) is 2. The smallest absolute Gasteiger partial charge is 0.275 e. The number of hydrogen-bond acceptors (Lipinski definition) is 4. The highest BCUT2D eigenvalue weighted by Gasteiger charge is 2.15. The van der Waals surface area contributed by atoms with Crippen molar-refractivity contribution in [3.05, 3.63) is 51.9 Å². The molecule has 2 rings (SSSR count). The maximum atomic E-state index is 11.9. The summed E-state index contributed by atoms with van der Waals surface area (Å²) in [6.45, 7) is 4.05. The first-order valence-electron chi connectivity index (χ1n) is 6.21. The van der Waals surface area contributed by atoms with Crippen molar-refractivity contribution in [2.24, 2.45) is 0 Å². The lowest BCUT2D eigenvalue weighted by Gasteiger charge is -2.09. The summed E-state index contributed by atoms with van der Waals surface area (Å²) in [6.07, 6.45) is 0. The Morgan fingerprint density at radius 3 is 2.80 bits per heavy atom. The highest BCUT2D eigenvalue weighted by Crippen LogP contribution is 2.13. The van der Waals surface area contributed by atoms with Crippen molar-refractivity contribution in [3.8, 4) is 11.4 Å². The van der Waals surface area contributed by atoms with Gasteiger partial charge in [-0.1, -0.05) is 12.1 Å². The Kier molecular flexibility index (Phi) is 3.84. The highest BCUT2D eigenvalue weighted by atomic mass is 16.3. The molecule has 2 aromatic rings. The zero-order chi connectivity index (χ0) is 14.7. The van der Waals surface area contributed by atoms with Crippen molar-refractivity contribution in [3.63, 3.8) is 0 Å². The fourth-order valence-corrected chi connectivity index (χ4v) is 1.80. The second-order valence-electron chi connectivity index (χ2n) is 4.33. The standard InChI is InChI=1S/C14H15N3O3/c1-3-15-14(20)13-11(18)8-12(19)17(16-13)10-6-4-5-9(2)7-10/h4-8,18H,3H2,1-2H3,(H,15,20). The third-order valence-electron chi connectivity index (χ3n) is 2.71. The van der Waals surface area contributed by atoms with E-state index >= 15 is 0 Å². The van der Waals surface area contributed by atoms with E-state index in [2.05, 4.69) is 10.4 Å². The SMILES string of the molecule is CCNC(=O)c1nn(-c2cccc(C)c2)c(=O)cc1O. The van der Waals surface area contributed by atoms with Gasteiger partial charge in [0, 0.05) is 12.6 Å². The molecule has 0 aliphatic rings. The van der Waals surface area contributed by atoms with Crippen LogP contribution in [0.5, 0.6) is 5.75 Å². The van der Waals surface area contributed by atoms with Crippen molar-refractivity contribution in [2.75, 3.05) is 6.54 Å². The summed E-state index contributed by atoms with van der Waals surface area (Å²) in [6, 6.07) is 8.14. The molecule has 0 radical (unpaired) electrons.